The number of carbonyl (C=O) groups excluding carboxylic acids is 2. The van der Waals surface area contributed by atoms with Gasteiger partial charge < -0.3 is 16.0 Å². The summed E-state index contributed by atoms with van der Waals surface area (Å²) in [6.45, 7) is 1.25. The summed E-state index contributed by atoms with van der Waals surface area (Å²) in [5.41, 5.74) is 1.49. The van der Waals surface area contributed by atoms with Crippen molar-refractivity contribution in [1.82, 2.24) is 5.32 Å². The SMILES string of the molecule is O=C(CNCC1CC1)Nc1ccc2c(c1)NC(=O)CS2. The molecule has 1 aliphatic heterocycles. The predicted molar refractivity (Wildman–Crippen MR) is 80.0 cm³/mol. The molecule has 106 valence electrons. The van der Waals surface area contributed by atoms with Gasteiger partial charge in [-0.15, -0.1) is 11.8 Å². The first kappa shape index (κ1) is 13.5. The lowest BCUT2D eigenvalue weighted by atomic mass is 10.2. The van der Waals surface area contributed by atoms with Crippen LogP contribution in [0.25, 0.3) is 0 Å². The third-order valence-corrected chi connectivity index (χ3v) is 4.39. The van der Waals surface area contributed by atoms with Crippen molar-refractivity contribution in [2.75, 3.05) is 29.5 Å². The number of hydrogen-bond donors (Lipinski definition) is 3. The zero-order valence-corrected chi connectivity index (χ0v) is 11.9. The van der Waals surface area contributed by atoms with Crippen molar-refractivity contribution in [3.63, 3.8) is 0 Å². The lowest BCUT2D eigenvalue weighted by Gasteiger charge is -2.17. The van der Waals surface area contributed by atoms with Crippen LogP contribution in [0.15, 0.2) is 23.1 Å². The largest absolute Gasteiger partial charge is 0.325 e. The number of carbonyl (C=O) groups is 2. The molecule has 0 atom stereocenters. The Morgan fingerprint density at radius 2 is 2.25 bits per heavy atom. The van der Waals surface area contributed by atoms with Crippen LogP contribution in [0.5, 0.6) is 0 Å². The van der Waals surface area contributed by atoms with Gasteiger partial charge in [-0.2, -0.15) is 0 Å². The Bertz CT molecular complexity index is 543. The fourth-order valence-corrected chi connectivity index (χ4v) is 2.87. The second kappa shape index (κ2) is 5.85. The van der Waals surface area contributed by atoms with Crippen LogP contribution in [0.2, 0.25) is 0 Å². The van der Waals surface area contributed by atoms with Crippen LogP contribution in [-0.4, -0.2) is 30.7 Å². The van der Waals surface area contributed by atoms with Gasteiger partial charge >= 0.3 is 0 Å². The summed E-state index contributed by atoms with van der Waals surface area (Å²) in [6, 6.07) is 5.59. The Kier molecular flexibility index (Phi) is 3.93. The van der Waals surface area contributed by atoms with E-state index in [2.05, 4.69) is 16.0 Å². The highest BCUT2D eigenvalue weighted by Crippen LogP contribution is 2.33. The highest BCUT2D eigenvalue weighted by Gasteiger charge is 2.20. The maximum atomic E-state index is 11.8. The fourth-order valence-electron chi connectivity index (χ4n) is 2.08. The Hall–Kier alpha value is -1.53. The average Bonchev–Trinajstić information content (AvgIpc) is 3.22. The van der Waals surface area contributed by atoms with E-state index in [1.54, 1.807) is 6.07 Å². The van der Waals surface area contributed by atoms with Crippen molar-refractivity contribution in [2.45, 2.75) is 17.7 Å². The Balaban J connectivity index is 1.55. The number of rotatable bonds is 5. The molecule has 1 aromatic carbocycles. The van der Waals surface area contributed by atoms with Crippen LogP contribution >= 0.6 is 11.8 Å². The number of thioether (sulfide) groups is 1. The minimum absolute atomic E-state index is 0.00271. The van der Waals surface area contributed by atoms with Gasteiger partial charge in [0.2, 0.25) is 11.8 Å². The minimum atomic E-state index is -0.0552. The van der Waals surface area contributed by atoms with E-state index in [9.17, 15) is 9.59 Å². The second-order valence-corrected chi connectivity index (χ2v) is 6.19. The molecule has 1 heterocycles. The van der Waals surface area contributed by atoms with E-state index in [1.165, 1.54) is 24.6 Å². The third-order valence-electron chi connectivity index (χ3n) is 3.31. The number of benzene rings is 1. The molecule has 6 heteroatoms. The average molecular weight is 291 g/mol. The van der Waals surface area contributed by atoms with Crippen molar-refractivity contribution in [1.29, 1.82) is 0 Å². The summed E-state index contributed by atoms with van der Waals surface area (Å²) >= 11 is 1.51. The van der Waals surface area contributed by atoms with Gasteiger partial charge in [-0.05, 0) is 43.5 Å². The Labute approximate surface area is 121 Å². The van der Waals surface area contributed by atoms with Gasteiger partial charge in [0.05, 0.1) is 18.0 Å². The molecule has 0 bridgehead atoms. The quantitative estimate of drug-likeness (QED) is 0.772. The molecule has 0 radical (unpaired) electrons. The maximum Gasteiger partial charge on any atom is 0.238 e. The minimum Gasteiger partial charge on any atom is -0.325 e. The molecule has 1 aliphatic carbocycles. The number of nitrogens with one attached hydrogen (secondary N) is 3. The molecular formula is C14H17N3O2S. The van der Waals surface area contributed by atoms with Gasteiger partial charge in [-0.25, -0.2) is 0 Å². The molecule has 2 amide bonds. The molecule has 1 fully saturated rings. The fraction of sp³-hybridized carbons (Fsp3) is 0.429. The monoisotopic (exact) mass is 291 g/mol. The van der Waals surface area contributed by atoms with E-state index in [0.29, 0.717) is 18.0 Å². The van der Waals surface area contributed by atoms with Crippen molar-refractivity contribution >= 4 is 35.0 Å². The number of amides is 2. The molecule has 1 saturated carbocycles. The summed E-state index contributed by atoms with van der Waals surface area (Å²) < 4.78 is 0. The Morgan fingerprint density at radius 1 is 1.40 bits per heavy atom. The molecule has 3 N–H and O–H groups in total. The third kappa shape index (κ3) is 3.52. The van der Waals surface area contributed by atoms with E-state index in [0.717, 1.165) is 23.0 Å². The number of hydrogen-bond acceptors (Lipinski definition) is 4. The van der Waals surface area contributed by atoms with Gasteiger partial charge in [0.25, 0.3) is 0 Å². The van der Waals surface area contributed by atoms with Crippen LogP contribution < -0.4 is 16.0 Å². The zero-order valence-electron chi connectivity index (χ0n) is 11.1. The first-order chi connectivity index (χ1) is 9.70. The normalized spacial score (nSPS) is 17.3. The van der Waals surface area contributed by atoms with E-state index >= 15 is 0 Å². The zero-order chi connectivity index (χ0) is 13.9. The number of fused-ring (bicyclic) bond motifs is 1. The van der Waals surface area contributed by atoms with Crippen LogP contribution in [0, 0.1) is 5.92 Å². The van der Waals surface area contributed by atoms with Crippen LogP contribution in [0.3, 0.4) is 0 Å². The van der Waals surface area contributed by atoms with Gasteiger partial charge in [0, 0.05) is 10.6 Å². The summed E-state index contributed by atoms with van der Waals surface area (Å²) in [6.07, 6.45) is 2.55. The smallest absolute Gasteiger partial charge is 0.238 e. The molecule has 0 aromatic heterocycles. The molecular weight excluding hydrogens is 274 g/mol. The van der Waals surface area contributed by atoms with Gasteiger partial charge in [0.15, 0.2) is 0 Å². The molecule has 20 heavy (non-hydrogen) atoms. The summed E-state index contributed by atoms with van der Waals surface area (Å²) in [4.78, 5) is 24.2. The number of anilines is 2. The van der Waals surface area contributed by atoms with Crippen molar-refractivity contribution in [3.8, 4) is 0 Å². The van der Waals surface area contributed by atoms with Crippen LogP contribution in [0.4, 0.5) is 11.4 Å². The maximum absolute atomic E-state index is 11.8. The topological polar surface area (TPSA) is 70.2 Å². The van der Waals surface area contributed by atoms with Gasteiger partial charge in [-0.1, -0.05) is 0 Å². The highest BCUT2D eigenvalue weighted by molar-refractivity contribution is 8.00. The summed E-state index contributed by atoms with van der Waals surface area (Å²) in [5, 5.41) is 8.80. The molecule has 5 nitrogen and oxygen atoms in total. The Morgan fingerprint density at radius 3 is 3.05 bits per heavy atom. The van der Waals surface area contributed by atoms with Crippen molar-refractivity contribution in [3.05, 3.63) is 18.2 Å². The summed E-state index contributed by atoms with van der Waals surface area (Å²) in [5.74, 6) is 1.15. The predicted octanol–water partition coefficient (Wildman–Crippen LogP) is 1.67. The second-order valence-electron chi connectivity index (χ2n) is 5.17. The molecule has 3 rings (SSSR count). The molecule has 0 saturated heterocycles. The lowest BCUT2D eigenvalue weighted by molar-refractivity contribution is -0.115. The van der Waals surface area contributed by atoms with Crippen LogP contribution in [-0.2, 0) is 9.59 Å². The molecule has 0 spiro atoms. The first-order valence-corrected chi connectivity index (χ1v) is 7.76. The van der Waals surface area contributed by atoms with E-state index in [-0.39, 0.29) is 11.8 Å². The van der Waals surface area contributed by atoms with Crippen LogP contribution in [0.1, 0.15) is 12.8 Å². The first-order valence-electron chi connectivity index (χ1n) is 6.78. The molecule has 0 unspecified atom stereocenters. The summed E-state index contributed by atoms with van der Waals surface area (Å²) in [7, 11) is 0. The van der Waals surface area contributed by atoms with E-state index < -0.39 is 0 Å². The van der Waals surface area contributed by atoms with E-state index in [1.807, 2.05) is 12.1 Å². The van der Waals surface area contributed by atoms with Crippen molar-refractivity contribution in [2.24, 2.45) is 5.92 Å². The van der Waals surface area contributed by atoms with Crippen molar-refractivity contribution < 1.29 is 9.59 Å². The standard InChI is InChI=1S/C14H17N3O2S/c18-13(7-15-6-9-1-2-9)16-10-3-4-12-11(5-10)17-14(19)8-20-12/h3-5,9,15H,1-2,6-8H2,(H,16,18)(H,17,19). The van der Waals surface area contributed by atoms with Gasteiger partial charge in [0.1, 0.15) is 0 Å². The molecule has 1 aromatic rings. The highest BCUT2D eigenvalue weighted by atomic mass is 32.2. The lowest BCUT2D eigenvalue weighted by Crippen LogP contribution is -2.29. The van der Waals surface area contributed by atoms with Gasteiger partial charge in [-0.3, -0.25) is 9.59 Å². The molecule has 2 aliphatic rings. The van der Waals surface area contributed by atoms with E-state index in [4.69, 9.17) is 0 Å².